The summed E-state index contributed by atoms with van der Waals surface area (Å²) in [5.74, 6) is 0.855. The van der Waals surface area contributed by atoms with Gasteiger partial charge in [0.25, 0.3) is 5.69 Å². The first-order valence-electron chi connectivity index (χ1n) is 10.1. The van der Waals surface area contributed by atoms with Gasteiger partial charge in [0.2, 0.25) is 0 Å². The van der Waals surface area contributed by atoms with Crippen molar-refractivity contribution in [2.75, 3.05) is 4.90 Å². The molecule has 1 atom stereocenters. The zero-order valence-electron chi connectivity index (χ0n) is 17.6. The number of rotatable bonds is 3. The zero-order chi connectivity index (χ0) is 21.8. The Kier molecular flexibility index (Phi) is 4.12. The van der Waals surface area contributed by atoms with Crippen LogP contribution < -0.4 is 9.64 Å². The number of azo groups is 1. The lowest BCUT2D eigenvalue weighted by atomic mass is 9.78. The van der Waals surface area contributed by atoms with Crippen molar-refractivity contribution in [3.8, 4) is 5.75 Å². The average molecular weight is 414 g/mol. The van der Waals surface area contributed by atoms with Crippen LogP contribution in [0.2, 0.25) is 0 Å². The number of benzene rings is 3. The van der Waals surface area contributed by atoms with E-state index in [1.54, 1.807) is 12.1 Å². The number of fused-ring (bicyclic) bond motifs is 4. The van der Waals surface area contributed by atoms with Gasteiger partial charge in [-0.1, -0.05) is 18.2 Å². The van der Waals surface area contributed by atoms with E-state index >= 15 is 0 Å². The standard InChI is InChI=1S/C24H22N4O3/c1-23(2)20-6-4-5-7-21(20)27-15-16-14-18(10-13-22(16)31-24(23,27)3)26-25-17-8-11-19(12-9-17)28(29)30/h4-14H,15H2,1-3H3. The normalized spacial score (nSPS) is 20.7. The second-order valence-corrected chi connectivity index (χ2v) is 8.58. The zero-order valence-corrected chi connectivity index (χ0v) is 17.6. The highest BCUT2D eigenvalue weighted by atomic mass is 16.6. The maximum Gasteiger partial charge on any atom is 0.269 e. The molecule has 0 amide bonds. The van der Waals surface area contributed by atoms with Crippen LogP contribution in [0.3, 0.4) is 0 Å². The summed E-state index contributed by atoms with van der Waals surface area (Å²) in [5, 5.41) is 19.3. The highest BCUT2D eigenvalue weighted by Crippen LogP contribution is 2.55. The average Bonchev–Trinajstić information content (AvgIpc) is 2.94. The van der Waals surface area contributed by atoms with Crippen molar-refractivity contribution in [1.82, 2.24) is 0 Å². The highest BCUT2D eigenvalue weighted by Gasteiger charge is 2.57. The second kappa shape index (κ2) is 6.63. The van der Waals surface area contributed by atoms with Gasteiger partial charge >= 0.3 is 0 Å². The molecular weight excluding hydrogens is 392 g/mol. The van der Waals surface area contributed by atoms with E-state index in [2.05, 4.69) is 60.2 Å². The molecule has 0 saturated carbocycles. The largest absolute Gasteiger partial charge is 0.467 e. The molecule has 0 aromatic heterocycles. The van der Waals surface area contributed by atoms with Gasteiger partial charge in [-0.15, -0.1) is 0 Å². The van der Waals surface area contributed by atoms with E-state index in [1.807, 2.05) is 18.2 Å². The first kappa shape index (κ1) is 19.2. The molecule has 3 aromatic rings. The smallest absolute Gasteiger partial charge is 0.269 e. The maximum atomic E-state index is 10.8. The van der Waals surface area contributed by atoms with Crippen LogP contribution in [0.4, 0.5) is 22.7 Å². The van der Waals surface area contributed by atoms with Gasteiger partial charge in [0.05, 0.1) is 28.3 Å². The minimum Gasteiger partial charge on any atom is -0.467 e. The maximum absolute atomic E-state index is 10.8. The van der Waals surface area contributed by atoms with E-state index in [-0.39, 0.29) is 11.1 Å². The van der Waals surface area contributed by atoms with Crippen molar-refractivity contribution < 1.29 is 9.66 Å². The van der Waals surface area contributed by atoms with E-state index in [9.17, 15) is 10.1 Å². The van der Waals surface area contributed by atoms with Crippen LogP contribution in [-0.2, 0) is 12.0 Å². The number of anilines is 1. The van der Waals surface area contributed by atoms with Crippen molar-refractivity contribution in [2.45, 2.75) is 38.5 Å². The number of hydrogen-bond donors (Lipinski definition) is 0. The molecule has 2 heterocycles. The summed E-state index contributed by atoms with van der Waals surface area (Å²) in [5.41, 5.74) is 4.16. The molecule has 0 radical (unpaired) electrons. The number of ether oxygens (including phenoxy) is 1. The number of para-hydroxylation sites is 1. The number of non-ortho nitro benzene ring substituents is 1. The predicted octanol–water partition coefficient (Wildman–Crippen LogP) is 6.42. The second-order valence-electron chi connectivity index (χ2n) is 8.58. The molecule has 3 aromatic carbocycles. The van der Waals surface area contributed by atoms with Gasteiger partial charge in [-0.3, -0.25) is 10.1 Å². The van der Waals surface area contributed by atoms with E-state index in [4.69, 9.17) is 4.74 Å². The minimum atomic E-state index is -0.481. The summed E-state index contributed by atoms with van der Waals surface area (Å²) in [6, 6.07) is 20.3. The highest BCUT2D eigenvalue weighted by molar-refractivity contribution is 5.68. The number of nitro groups is 1. The topological polar surface area (TPSA) is 80.3 Å². The molecule has 0 aliphatic carbocycles. The Hall–Kier alpha value is -3.74. The van der Waals surface area contributed by atoms with Gasteiger partial charge in [-0.2, -0.15) is 10.2 Å². The SMILES string of the molecule is CC1(C)c2ccccc2N2Cc3cc(N=Nc4ccc([N+](=O)[O-])cc4)ccc3OC21C. The molecule has 5 rings (SSSR count). The lowest BCUT2D eigenvalue weighted by Gasteiger charge is -2.48. The summed E-state index contributed by atoms with van der Waals surface area (Å²) < 4.78 is 6.58. The first-order valence-corrected chi connectivity index (χ1v) is 10.1. The van der Waals surface area contributed by atoms with Gasteiger partial charge in [0, 0.05) is 23.4 Å². The van der Waals surface area contributed by atoms with Crippen LogP contribution in [0, 0.1) is 10.1 Å². The molecule has 2 aliphatic rings. The molecule has 31 heavy (non-hydrogen) atoms. The lowest BCUT2D eigenvalue weighted by molar-refractivity contribution is -0.384. The van der Waals surface area contributed by atoms with Crippen LogP contribution in [0.15, 0.2) is 77.0 Å². The molecule has 0 N–H and O–H groups in total. The molecule has 156 valence electrons. The van der Waals surface area contributed by atoms with Gasteiger partial charge in [-0.05, 0) is 62.7 Å². The van der Waals surface area contributed by atoms with Crippen molar-refractivity contribution in [3.05, 3.63) is 88.0 Å². The van der Waals surface area contributed by atoms with Crippen molar-refractivity contribution in [2.24, 2.45) is 10.2 Å². The fourth-order valence-corrected chi connectivity index (χ4v) is 4.47. The Morgan fingerprint density at radius 1 is 0.968 bits per heavy atom. The Labute approximate surface area is 180 Å². The molecular formula is C24H22N4O3. The minimum absolute atomic E-state index is 0.0294. The monoisotopic (exact) mass is 414 g/mol. The van der Waals surface area contributed by atoms with Crippen molar-refractivity contribution >= 4 is 22.7 Å². The predicted molar refractivity (Wildman–Crippen MR) is 118 cm³/mol. The van der Waals surface area contributed by atoms with Crippen molar-refractivity contribution in [3.63, 3.8) is 0 Å². The molecule has 7 nitrogen and oxygen atoms in total. The lowest BCUT2D eigenvalue weighted by Crippen LogP contribution is -2.59. The summed E-state index contributed by atoms with van der Waals surface area (Å²) in [6.07, 6.45) is 0. The molecule has 1 unspecified atom stereocenters. The van der Waals surface area contributed by atoms with Gasteiger partial charge < -0.3 is 9.64 Å². The Morgan fingerprint density at radius 3 is 2.39 bits per heavy atom. The molecule has 0 saturated heterocycles. The summed E-state index contributed by atoms with van der Waals surface area (Å²) >= 11 is 0. The first-order chi connectivity index (χ1) is 14.8. The number of nitrogens with zero attached hydrogens (tertiary/aromatic N) is 4. The van der Waals surface area contributed by atoms with Crippen LogP contribution in [0.1, 0.15) is 31.9 Å². The molecule has 0 fully saturated rings. The third-order valence-electron chi connectivity index (χ3n) is 6.57. The van der Waals surface area contributed by atoms with Crippen LogP contribution in [-0.4, -0.2) is 10.6 Å². The summed E-state index contributed by atoms with van der Waals surface area (Å²) in [4.78, 5) is 12.7. The van der Waals surface area contributed by atoms with E-state index < -0.39 is 10.6 Å². The summed E-state index contributed by atoms with van der Waals surface area (Å²) in [6.45, 7) is 7.32. The van der Waals surface area contributed by atoms with Gasteiger partial charge in [-0.25, -0.2) is 0 Å². The molecule has 0 bridgehead atoms. The molecule has 0 spiro atoms. The fourth-order valence-electron chi connectivity index (χ4n) is 4.47. The van der Waals surface area contributed by atoms with Gasteiger partial charge in [0.1, 0.15) is 5.75 Å². The third kappa shape index (κ3) is 2.88. The van der Waals surface area contributed by atoms with Gasteiger partial charge in [0.15, 0.2) is 5.72 Å². The van der Waals surface area contributed by atoms with Crippen LogP contribution in [0.25, 0.3) is 0 Å². The number of hydrogen-bond acceptors (Lipinski definition) is 6. The molecule has 2 aliphatic heterocycles. The van der Waals surface area contributed by atoms with Crippen LogP contribution >= 0.6 is 0 Å². The van der Waals surface area contributed by atoms with Crippen molar-refractivity contribution in [1.29, 1.82) is 0 Å². The Bertz CT molecular complexity index is 1220. The number of nitro benzene ring substituents is 1. The van der Waals surface area contributed by atoms with E-state index in [0.29, 0.717) is 17.9 Å². The summed E-state index contributed by atoms with van der Waals surface area (Å²) in [7, 11) is 0. The van der Waals surface area contributed by atoms with Crippen LogP contribution in [0.5, 0.6) is 5.75 Å². The Morgan fingerprint density at radius 2 is 1.65 bits per heavy atom. The van der Waals surface area contributed by atoms with E-state index in [1.165, 1.54) is 23.4 Å². The third-order valence-corrected chi connectivity index (χ3v) is 6.57. The fraction of sp³-hybridized carbons (Fsp3) is 0.250. The Balaban J connectivity index is 1.45. The van der Waals surface area contributed by atoms with E-state index in [0.717, 1.165) is 11.3 Å². The molecule has 7 heteroatoms. The quantitative estimate of drug-likeness (QED) is 0.281.